The van der Waals surface area contributed by atoms with E-state index in [1.165, 1.54) is 6.92 Å². The van der Waals surface area contributed by atoms with E-state index in [1.54, 1.807) is 0 Å². The van der Waals surface area contributed by atoms with Crippen molar-refractivity contribution in [1.29, 1.82) is 0 Å². The molecule has 1 fully saturated rings. The summed E-state index contributed by atoms with van der Waals surface area (Å²) in [7, 11) is 0. The van der Waals surface area contributed by atoms with Crippen molar-refractivity contribution in [1.82, 2.24) is 0 Å². The zero-order valence-corrected chi connectivity index (χ0v) is 6.14. The van der Waals surface area contributed by atoms with Crippen LogP contribution in [0.15, 0.2) is 0 Å². The third kappa shape index (κ3) is 1.25. The Hall–Kier alpha value is -0.200. The van der Waals surface area contributed by atoms with Gasteiger partial charge in [-0.3, -0.25) is 0 Å². The van der Waals surface area contributed by atoms with Crippen LogP contribution in [-0.4, -0.2) is 51.1 Å². The monoisotopic (exact) mass is 164 g/mol. The maximum Gasteiger partial charge on any atom is 0.184 e. The molecule has 0 amide bonds. The lowest BCUT2D eigenvalue weighted by Crippen LogP contribution is -2.46. The van der Waals surface area contributed by atoms with E-state index in [-0.39, 0.29) is 0 Å². The van der Waals surface area contributed by atoms with Crippen molar-refractivity contribution in [2.45, 2.75) is 31.0 Å². The van der Waals surface area contributed by atoms with E-state index in [1.807, 2.05) is 0 Å². The van der Waals surface area contributed by atoms with Gasteiger partial charge in [0.05, 0.1) is 6.61 Å². The van der Waals surface area contributed by atoms with Gasteiger partial charge in [-0.1, -0.05) is 0 Å². The molecule has 0 bridgehead atoms. The molecule has 11 heavy (non-hydrogen) atoms. The second-order valence-electron chi connectivity index (χ2n) is 2.87. The molecule has 1 heterocycles. The summed E-state index contributed by atoms with van der Waals surface area (Å²) < 4.78 is 4.64. The fraction of sp³-hybridized carbons (Fsp3) is 1.00. The minimum absolute atomic E-state index is 0.429. The van der Waals surface area contributed by atoms with Crippen LogP contribution < -0.4 is 0 Å². The second kappa shape index (κ2) is 2.69. The average molecular weight is 164 g/mol. The number of hydrogen-bond donors (Lipinski definition) is 4. The maximum atomic E-state index is 9.40. The minimum atomic E-state index is -1.58. The number of rotatable bonds is 1. The molecule has 1 rings (SSSR count). The molecule has 0 aliphatic carbocycles. The molecular formula is C6H12O5. The van der Waals surface area contributed by atoms with E-state index >= 15 is 0 Å². The second-order valence-corrected chi connectivity index (χ2v) is 2.87. The van der Waals surface area contributed by atoms with Gasteiger partial charge in [0.2, 0.25) is 0 Å². The van der Waals surface area contributed by atoms with Crippen LogP contribution in [0, 0.1) is 0 Å². The van der Waals surface area contributed by atoms with Gasteiger partial charge in [0.15, 0.2) is 6.29 Å². The van der Waals surface area contributed by atoms with E-state index < -0.39 is 30.7 Å². The Labute approximate surface area is 63.8 Å². The summed E-state index contributed by atoms with van der Waals surface area (Å²) in [6.45, 7) is 0.871. The van der Waals surface area contributed by atoms with E-state index in [4.69, 9.17) is 15.3 Å². The molecule has 0 aromatic heterocycles. The first-order valence-electron chi connectivity index (χ1n) is 3.35. The molecular weight excluding hydrogens is 152 g/mol. The normalized spacial score (nSPS) is 51.5. The topological polar surface area (TPSA) is 90.2 Å². The molecule has 4 atom stereocenters. The smallest absolute Gasteiger partial charge is 0.184 e. The van der Waals surface area contributed by atoms with Crippen molar-refractivity contribution in [3.05, 3.63) is 0 Å². The van der Waals surface area contributed by atoms with Crippen LogP contribution in [0.1, 0.15) is 6.92 Å². The van der Waals surface area contributed by atoms with Gasteiger partial charge >= 0.3 is 0 Å². The fourth-order valence-electron chi connectivity index (χ4n) is 1.09. The van der Waals surface area contributed by atoms with Gasteiger partial charge in [-0.15, -0.1) is 0 Å². The first-order valence-corrected chi connectivity index (χ1v) is 3.35. The Morgan fingerprint density at radius 1 is 1.45 bits per heavy atom. The van der Waals surface area contributed by atoms with Crippen LogP contribution in [0.3, 0.4) is 0 Å². The molecule has 0 saturated carbocycles. The molecule has 1 saturated heterocycles. The van der Waals surface area contributed by atoms with Crippen molar-refractivity contribution in [3.8, 4) is 0 Å². The highest BCUT2D eigenvalue weighted by molar-refractivity contribution is 4.96. The van der Waals surface area contributed by atoms with Gasteiger partial charge in [-0.25, -0.2) is 0 Å². The van der Waals surface area contributed by atoms with Crippen molar-refractivity contribution >= 4 is 0 Å². The molecule has 1 unspecified atom stereocenters. The third-order valence-electron chi connectivity index (χ3n) is 1.99. The van der Waals surface area contributed by atoms with Gasteiger partial charge in [-0.05, 0) is 6.92 Å². The van der Waals surface area contributed by atoms with Crippen LogP contribution in [0.5, 0.6) is 0 Å². The Bertz CT molecular complexity index is 146. The summed E-state index contributed by atoms with van der Waals surface area (Å²) in [6.07, 6.45) is -3.70. The minimum Gasteiger partial charge on any atom is -0.394 e. The Balaban J connectivity index is 2.74. The highest BCUT2D eigenvalue weighted by Gasteiger charge is 2.51. The van der Waals surface area contributed by atoms with Gasteiger partial charge < -0.3 is 25.2 Å². The Morgan fingerprint density at radius 2 is 2.00 bits per heavy atom. The summed E-state index contributed by atoms with van der Waals surface area (Å²) in [4.78, 5) is 0. The van der Waals surface area contributed by atoms with Crippen LogP contribution in [-0.2, 0) is 4.74 Å². The van der Waals surface area contributed by atoms with Gasteiger partial charge in [0.1, 0.15) is 17.8 Å². The Morgan fingerprint density at radius 3 is 2.18 bits per heavy atom. The van der Waals surface area contributed by atoms with Crippen molar-refractivity contribution in [3.63, 3.8) is 0 Å². The standard InChI is InChI=1S/C6H12O5/c1-6(10)3(2-7)11-5(9)4(6)8/h3-5,7-10H,2H2,1H3/t3-,4?,5-,6-/m1/s1. The summed E-state index contributed by atoms with van der Waals surface area (Å²) in [5, 5.41) is 36.0. The van der Waals surface area contributed by atoms with Crippen LogP contribution in [0.4, 0.5) is 0 Å². The lowest BCUT2D eigenvalue weighted by atomic mass is 9.96. The fourth-order valence-corrected chi connectivity index (χ4v) is 1.09. The predicted molar refractivity (Wildman–Crippen MR) is 34.6 cm³/mol. The maximum absolute atomic E-state index is 9.40. The lowest BCUT2D eigenvalue weighted by Gasteiger charge is -2.24. The molecule has 1 aliphatic rings. The quantitative estimate of drug-likeness (QED) is 0.353. The molecule has 1 aliphatic heterocycles. The molecule has 66 valence electrons. The first kappa shape index (κ1) is 8.89. The van der Waals surface area contributed by atoms with Gasteiger partial charge in [-0.2, -0.15) is 0 Å². The lowest BCUT2D eigenvalue weighted by molar-refractivity contribution is -0.132. The average Bonchev–Trinajstić information content (AvgIpc) is 2.13. The number of aliphatic hydroxyl groups is 4. The molecule has 0 radical (unpaired) electrons. The van der Waals surface area contributed by atoms with Gasteiger partial charge in [0, 0.05) is 0 Å². The molecule has 0 aromatic rings. The highest BCUT2D eigenvalue weighted by Crippen LogP contribution is 2.29. The molecule has 0 spiro atoms. The Kier molecular flexibility index (Phi) is 2.17. The zero-order valence-electron chi connectivity index (χ0n) is 6.14. The van der Waals surface area contributed by atoms with Crippen molar-refractivity contribution in [2.75, 3.05) is 6.61 Å². The largest absolute Gasteiger partial charge is 0.394 e. The highest BCUT2D eigenvalue weighted by atomic mass is 16.6. The van der Waals surface area contributed by atoms with E-state index in [0.29, 0.717) is 0 Å². The molecule has 4 N–H and O–H groups in total. The van der Waals surface area contributed by atoms with Crippen LogP contribution in [0.2, 0.25) is 0 Å². The van der Waals surface area contributed by atoms with E-state index in [0.717, 1.165) is 0 Å². The summed E-state index contributed by atoms with van der Waals surface area (Å²) in [5.74, 6) is 0. The predicted octanol–water partition coefficient (Wildman–Crippen LogP) is -2.19. The van der Waals surface area contributed by atoms with Crippen LogP contribution >= 0.6 is 0 Å². The molecule has 0 aromatic carbocycles. The van der Waals surface area contributed by atoms with Crippen molar-refractivity contribution < 1.29 is 25.2 Å². The number of aliphatic hydroxyl groups excluding tert-OH is 3. The SMILES string of the molecule is C[C@]1(O)C(O)[C@H](O)O[C@@H]1CO. The van der Waals surface area contributed by atoms with Crippen molar-refractivity contribution in [2.24, 2.45) is 0 Å². The summed E-state index contributed by atoms with van der Waals surface area (Å²) in [5.41, 5.74) is -1.58. The molecule has 5 nitrogen and oxygen atoms in total. The molecule has 5 heteroatoms. The van der Waals surface area contributed by atoms with Gasteiger partial charge in [0.25, 0.3) is 0 Å². The number of hydrogen-bond acceptors (Lipinski definition) is 5. The number of ether oxygens (including phenoxy) is 1. The van der Waals surface area contributed by atoms with E-state index in [2.05, 4.69) is 4.74 Å². The summed E-state index contributed by atoms with van der Waals surface area (Å²) in [6, 6.07) is 0. The van der Waals surface area contributed by atoms with E-state index in [9.17, 15) is 5.11 Å². The first-order chi connectivity index (χ1) is 5.00. The summed E-state index contributed by atoms with van der Waals surface area (Å²) >= 11 is 0. The third-order valence-corrected chi connectivity index (χ3v) is 1.99. The zero-order chi connectivity index (χ0) is 8.65. The van der Waals surface area contributed by atoms with Crippen LogP contribution in [0.25, 0.3) is 0 Å².